The molecule has 0 aliphatic rings. The number of benzene rings is 1. The second-order valence-corrected chi connectivity index (χ2v) is 3.65. The first-order valence-electron chi connectivity index (χ1n) is 5.29. The van der Waals surface area contributed by atoms with Crippen LogP contribution in [0.25, 0.3) is 0 Å². The lowest BCUT2D eigenvalue weighted by Gasteiger charge is -2.17. The van der Waals surface area contributed by atoms with Crippen LogP contribution in [-0.2, 0) is 0 Å². The van der Waals surface area contributed by atoms with Gasteiger partial charge in [-0.2, -0.15) is 0 Å². The molecule has 1 rings (SSSR count). The summed E-state index contributed by atoms with van der Waals surface area (Å²) in [6, 6.07) is 8.35. The van der Waals surface area contributed by atoms with E-state index in [4.69, 9.17) is 10.2 Å². The first-order valence-corrected chi connectivity index (χ1v) is 5.29. The van der Waals surface area contributed by atoms with Crippen molar-refractivity contribution in [2.75, 3.05) is 19.8 Å². The zero-order valence-corrected chi connectivity index (χ0v) is 9.11. The van der Waals surface area contributed by atoms with Gasteiger partial charge in [-0.15, -0.1) is 0 Å². The Labute approximate surface area is 90.8 Å². The number of hydrogen-bond acceptors (Lipinski definition) is 3. The lowest BCUT2D eigenvalue weighted by Crippen LogP contribution is -2.25. The Bertz CT molecular complexity index is 271. The molecule has 1 aromatic carbocycles. The summed E-state index contributed by atoms with van der Waals surface area (Å²) in [5, 5.41) is 20.9. The quantitative estimate of drug-likeness (QED) is 0.655. The highest BCUT2D eigenvalue weighted by molar-refractivity contribution is 5.24. The summed E-state index contributed by atoms with van der Waals surface area (Å²) in [4.78, 5) is 0. The molecule has 0 aromatic heterocycles. The summed E-state index contributed by atoms with van der Waals surface area (Å²) in [6.45, 7) is 2.87. The van der Waals surface area contributed by atoms with Gasteiger partial charge in [-0.05, 0) is 18.9 Å². The van der Waals surface area contributed by atoms with Crippen LogP contribution in [0.1, 0.15) is 23.6 Å². The van der Waals surface area contributed by atoms with Gasteiger partial charge in [0.1, 0.15) is 0 Å². The molecule has 1 atom stereocenters. The van der Waals surface area contributed by atoms with Crippen molar-refractivity contribution in [1.29, 1.82) is 0 Å². The SMILES string of the molecule is Cc1ccc(C(CCO)NCCO)cc1. The van der Waals surface area contributed by atoms with E-state index in [9.17, 15) is 0 Å². The fourth-order valence-electron chi connectivity index (χ4n) is 1.55. The largest absolute Gasteiger partial charge is 0.396 e. The van der Waals surface area contributed by atoms with Crippen LogP contribution >= 0.6 is 0 Å². The van der Waals surface area contributed by atoms with Gasteiger partial charge in [-0.25, -0.2) is 0 Å². The zero-order valence-electron chi connectivity index (χ0n) is 9.11. The maximum Gasteiger partial charge on any atom is 0.0556 e. The summed E-state index contributed by atoms with van der Waals surface area (Å²) in [6.07, 6.45) is 0.670. The van der Waals surface area contributed by atoms with Crippen molar-refractivity contribution in [2.45, 2.75) is 19.4 Å². The van der Waals surface area contributed by atoms with Crippen molar-refractivity contribution in [1.82, 2.24) is 5.32 Å². The molecular weight excluding hydrogens is 190 g/mol. The van der Waals surface area contributed by atoms with Crippen LogP contribution in [0.15, 0.2) is 24.3 Å². The Hall–Kier alpha value is -0.900. The van der Waals surface area contributed by atoms with Crippen LogP contribution in [0.3, 0.4) is 0 Å². The predicted molar refractivity (Wildman–Crippen MR) is 60.7 cm³/mol. The molecule has 1 unspecified atom stereocenters. The zero-order chi connectivity index (χ0) is 11.1. The third-order valence-electron chi connectivity index (χ3n) is 2.40. The minimum Gasteiger partial charge on any atom is -0.396 e. The fraction of sp³-hybridized carbons (Fsp3) is 0.500. The summed E-state index contributed by atoms with van der Waals surface area (Å²) in [7, 11) is 0. The second-order valence-electron chi connectivity index (χ2n) is 3.65. The summed E-state index contributed by atoms with van der Waals surface area (Å²) in [5.74, 6) is 0. The Morgan fingerprint density at radius 3 is 2.33 bits per heavy atom. The molecule has 3 nitrogen and oxygen atoms in total. The molecule has 0 saturated carbocycles. The van der Waals surface area contributed by atoms with Crippen molar-refractivity contribution in [3.63, 3.8) is 0 Å². The molecule has 84 valence electrons. The lowest BCUT2D eigenvalue weighted by atomic mass is 10.0. The van der Waals surface area contributed by atoms with E-state index in [-0.39, 0.29) is 19.3 Å². The fourth-order valence-corrected chi connectivity index (χ4v) is 1.55. The van der Waals surface area contributed by atoms with Crippen LogP contribution in [0.5, 0.6) is 0 Å². The molecule has 0 aliphatic heterocycles. The molecular formula is C12H19NO2. The minimum atomic E-state index is 0.119. The highest BCUT2D eigenvalue weighted by Crippen LogP contribution is 2.16. The first-order chi connectivity index (χ1) is 7.27. The van der Waals surface area contributed by atoms with Crippen molar-refractivity contribution in [3.8, 4) is 0 Å². The number of aryl methyl sites for hydroxylation is 1. The van der Waals surface area contributed by atoms with Crippen LogP contribution in [0, 0.1) is 6.92 Å². The topological polar surface area (TPSA) is 52.5 Å². The van der Waals surface area contributed by atoms with Crippen molar-refractivity contribution in [3.05, 3.63) is 35.4 Å². The lowest BCUT2D eigenvalue weighted by molar-refractivity contribution is 0.249. The van der Waals surface area contributed by atoms with E-state index in [1.807, 2.05) is 6.92 Å². The van der Waals surface area contributed by atoms with Gasteiger partial charge in [0.15, 0.2) is 0 Å². The average Bonchev–Trinajstić information content (AvgIpc) is 2.25. The van der Waals surface area contributed by atoms with E-state index in [0.29, 0.717) is 13.0 Å². The Morgan fingerprint density at radius 1 is 1.13 bits per heavy atom. The van der Waals surface area contributed by atoms with Crippen LogP contribution < -0.4 is 5.32 Å². The standard InChI is InChI=1S/C12H19NO2/c1-10-2-4-11(5-3-10)12(6-8-14)13-7-9-15/h2-5,12-15H,6-9H2,1H3. The van der Waals surface area contributed by atoms with Crippen molar-refractivity contribution < 1.29 is 10.2 Å². The molecule has 0 amide bonds. The molecule has 0 spiro atoms. The molecule has 1 aromatic rings. The molecule has 0 bridgehead atoms. The van der Waals surface area contributed by atoms with E-state index in [1.54, 1.807) is 0 Å². The summed E-state index contributed by atoms with van der Waals surface area (Å²) < 4.78 is 0. The van der Waals surface area contributed by atoms with Gasteiger partial charge in [0, 0.05) is 19.2 Å². The van der Waals surface area contributed by atoms with E-state index in [2.05, 4.69) is 29.6 Å². The van der Waals surface area contributed by atoms with Gasteiger partial charge >= 0.3 is 0 Å². The third kappa shape index (κ3) is 4.00. The molecule has 0 aliphatic carbocycles. The highest BCUT2D eigenvalue weighted by atomic mass is 16.3. The van der Waals surface area contributed by atoms with Gasteiger partial charge in [0.05, 0.1) is 6.61 Å². The number of nitrogens with one attached hydrogen (secondary N) is 1. The number of aliphatic hydroxyl groups excluding tert-OH is 2. The molecule has 3 N–H and O–H groups in total. The summed E-state index contributed by atoms with van der Waals surface area (Å²) in [5.41, 5.74) is 2.38. The normalized spacial score (nSPS) is 12.7. The van der Waals surface area contributed by atoms with E-state index < -0.39 is 0 Å². The van der Waals surface area contributed by atoms with E-state index in [0.717, 1.165) is 5.56 Å². The van der Waals surface area contributed by atoms with Gasteiger partial charge in [-0.3, -0.25) is 0 Å². The maximum absolute atomic E-state index is 8.95. The van der Waals surface area contributed by atoms with E-state index in [1.165, 1.54) is 5.56 Å². The molecule has 0 fully saturated rings. The van der Waals surface area contributed by atoms with Gasteiger partial charge < -0.3 is 15.5 Å². The van der Waals surface area contributed by atoms with Gasteiger partial charge in [0.2, 0.25) is 0 Å². The van der Waals surface area contributed by atoms with Crippen molar-refractivity contribution >= 4 is 0 Å². The smallest absolute Gasteiger partial charge is 0.0556 e. The Morgan fingerprint density at radius 2 is 1.80 bits per heavy atom. The van der Waals surface area contributed by atoms with E-state index >= 15 is 0 Å². The maximum atomic E-state index is 8.95. The van der Waals surface area contributed by atoms with Crippen molar-refractivity contribution in [2.24, 2.45) is 0 Å². The third-order valence-corrected chi connectivity index (χ3v) is 2.40. The Kier molecular flexibility index (Phi) is 5.32. The van der Waals surface area contributed by atoms with Gasteiger partial charge in [-0.1, -0.05) is 29.8 Å². The molecule has 15 heavy (non-hydrogen) atoms. The van der Waals surface area contributed by atoms with Crippen LogP contribution in [-0.4, -0.2) is 30.0 Å². The van der Waals surface area contributed by atoms with Gasteiger partial charge in [0.25, 0.3) is 0 Å². The summed E-state index contributed by atoms with van der Waals surface area (Å²) >= 11 is 0. The Balaban J connectivity index is 2.65. The molecule has 0 saturated heterocycles. The number of hydrogen-bond donors (Lipinski definition) is 3. The van der Waals surface area contributed by atoms with Crippen LogP contribution in [0.2, 0.25) is 0 Å². The van der Waals surface area contributed by atoms with Crippen LogP contribution in [0.4, 0.5) is 0 Å². The molecule has 0 heterocycles. The first kappa shape index (κ1) is 12.2. The number of aliphatic hydroxyl groups is 2. The molecule has 3 heteroatoms. The monoisotopic (exact) mass is 209 g/mol. The predicted octanol–water partition coefficient (Wildman–Crippen LogP) is 1.00. The minimum absolute atomic E-state index is 0.119. The highest BCUT2D eigenvalue weighted by Gasteiger charge is 2.09. The number of rotatable bonds is 6. The molecule has 0 radical (unpaired) electrons. The average molecular weight is 209 g/mol. The second kappa shape index (κ2) is 6.56.